The maximum Gasteiger partial charge on any atom is 0.216 e. The molecule has 6 heteroatoms. The normalized spacial score (nSPS) is 11.8. The van der Waals surface area contributed by atoms with Crippen molar-refractivity contribution in [1.82, 2.24) is 19.7 Å². The molecule has 6 aromatic rings. The van der Waals surface area contributed by atoms with Gasteiger partial charge in [0.2, 0.25) is 5.82 Å². The lowest BCUT2D eigenvalue weighted by atomic mass is 9.77. The summed E-state index contributed by atoms with van der Waals surface area (Å²) >= 11 is 0. The van der Waals surface area contributed by atoms with Gasteiger partial charge in [0, 0.05) is 6.08 Å². The van der Waals surface area contributed by atoms with Gasteiger partial charge in [-0.1, -0.05) is 121 Å². The maximum atomic E-state index is 11.0. The van der Waals surface area contributed by atoms with E-state index in [1.54, 1.807) is 24.7 Å². The number of hydrogen-bond donors (Lipinski definition) is 1. The average Bonchev–Trinajstić information content (AvgIpc) is 3.54. The molecule has 6 rings (SSSR count). The molecule has 0 radical (unpaired) electrons. The molecule has 6 nitrogen and oxygen atoms in total. The fourth-order valence-corrected chi connectivity index (χ4v) is 4.98. The number of pyridine rings is 1. The predicted octanol–water partition coefficient (Wildman–Crippen LogP) is 7.15. The Morgan fingerprint density at radius 2 is 1.22 bits per heavy atom. The second-order valence-corrected chi connectivity index (χ2v) is 9.54. The third kappa shape index (κ3) is 5.36. The maximum absolute atomic E-state index is 11.0. The van der Waals surface area contributed by atoms with E-state index < -0.39 is 5.54 Å². The Labute approximate surface area is 238 Å². The van der Waals surface area contributed by atoms with Crippen LogP contribution >= 0.6 is 0 Å². The minimum atomic E-state index is -0.814. The molecule has 0 aliphatic rings. The SMILES string of the molecule is O/C(=C\c1ccc(OCc2ccccc2)cn1)c1ncn(C(c2ccccc2)(c2ccccc2)c2ccccc2)n1. The molecular formula is C35H28N4O2. The van der Waals surface area contributed by atoms with Crippen LogP contribution in [0.3, 0.4) is 0 Å². The largest absolute Gasteiger partial charge is 0.504 e. The van der Waals surface area contributed by atoms with Gasteiger partial charge in [-0.2, -0.15) is 0 Å². The van der Waals surface area contributed by atoms with Gasteiger partial charge in [-0.15, -0.1) is 5.10 Å². The van der Waals surface area contributed by atoms with Crippen LogP contribution in [-0.2, 0) is 12.1 Å². The van der Waals surface area contributed by atoms with Gasteiger partial charge in [0.15, 0.2) is 5.76 Å². The number of hydrogen-bond acceptors (Lipinski definition) is 5. The van der Waals surface area contributed by atoms with Gasteiger partial charge in [-0.3, -0.25) is 4.98 Å². The summed E-state index contributed by atoms with van der Waals surface area (Å²) in [4.78, 5) is 8.95. The van der Waals surface area contributed by atoms with Crippen LogP contribution in [0.15, 0.2) is 146 Å². The molecule has 0 unspecified atom stereocenters. The topological polar surface area (TPSA) is 73.1 Å². The molecule has 0 atom stereocenters. The van der Waals surface area contributed by atoms with E-state index in [0.29, 0.717) is 18.1 Å². The highest BCUT2D eigenvalue weighted by atomic mass is 16.5. The average molecular weight is 537 g/mol. The number of aliphatic hydroxyl groups excluding tert-OH is 1. The van der Waals surface area contributed by atoms with Crippen LogP contribution in [0.25, 0.3) is 11.8 Å². The fraction of sp³-hybridized carbons (Fsp3) is 0.0571. The first-order chi connectivity index (χ1) is 20.2. The van der Waals surface area contributed by atoms with Crippen molar-refractivity contribution in [2.45, 2.75) is 12.1 Å². The van der Waals surface area contributed by atoms with Crippen LogP contribution in [0.5, 0.6) is 5.75 Å². The summed E-state index contributed by atoms with van der Waals surface area (Å²) in [6.45, 7) is 0.455. The number of aromatic nitrogens is 4. The monoisotopic (exact) mass is 536 g/mol. The van der Waals surface area contributed by atoms with Crippen molar-refractivity contribution in [2.75, 3.05) is 0 Å². The van der Waals surface area contributed by atoms with Gasteiger partial charge >= 0.3 is 0 Å². The highest BCUT2D eigenvalue weighted by molar-refractivity contribution is 5.71. The predicted molar refractivity (Wildman–Crippen MR) is 160 cm³/mol. The smallest absolute Gasteiger partial charge is 0.216 e. The molecule has 0 aliphatic heterocycles. The molecule has 0 bridgehead atoms. The fourth-order valence-electron chi connectivity index (χ4n) is 4.98. The van der Waals surface area contributed by atoms with E-state index in [2.05, 4.69) is 46.4 Å². The van der Waals surface area contributed by atoms with Crippen molar-refractivity contribution in [2.24, 2.45) is 0 Å². The lowest BCUT2D eigenvalue weighted by Crippen LogP contribution is -2.38. The first-order valence-corrected chi connectivity index (χ1v) is 13.4. The van der Waals surface area contributed by atoms with Crippen molar-refractivity contribution in [1.29, 1.82) is 0 Å². The van der Waals surface area contributed by atoms with Gasteiger partial charge in [-0.25, -0.2) is 9.67 Å². The standard InChI is InChI=1S/C35H28N4O2/c40-33(23-31-21-22-32(24-36-31)41-25-27-13-5-1-6-14-27)34-37-26-39(38-34)35(28-15-7-2-8-16-28,29-17-9-3-10-18-29)30-19-11-4-12-20-30/h1-24,26,40H,25H2/b33-23-. The van der Waals surface area contributed by atoms with Crippen LogP contribution < -0.4 is 4.74 Å². The molecule has 41 heavy (non-hydrogen) atoms. The first kappa shape index (κ1) is 25.8. The minimum Gasteiger partial charge on any atom is -0.504 e. The van der Waals surface area contributed by atoms with E-state index in [1.165, 1.54) is 0 Å². The number of nitrogens with zero attached hydrogens (tertiary/aromatic N) is 4. The lowest BCUT2D eigenvalue weighted by molar-refractivity contribution is 0.305. The zero-order chi connectivity index (χ0) is 27.9. The summed E-state index contributed by atoms with van der Waals surface area (Å²) in [6.07, 6.45) is 4.86. The molecule has 0 amide bonds. The Morgan fingerprint density at radius 1 is 0.683 bits per heavy atom. The summed E-state index contributed by atoms with van der Waals surface area (Å²) in [5.74, 6) is 0.756. The number of benzene rings is 4. The summed E-state index contributed by atoms with van der Waals surface area (Å²) in [6, 6.07) is 44.2. The molecule has 1 N–H and O–H groups in total. The van der Waals surface area contributed by atoms with E-state index >= 15 is 0 Å². The Bertz CT molecular complexity index is 1620. The third-order valence-electron chi connectivity index (χ3n) is 6.93. The van der Waals surface area contributed by atoms with E-state index in [-0.39, 0.29) is 11.6 Å². The van der Waals surface area contributed by atoms with Crippen molar-refractivity contribution >= 4 is 11.8 Å². The number of ether oxygens (including phenoxy) is 1. The Kier molecular flexibility index (Phi) is 7.36. The van der Waals surface area contributed by atoms with Gasteiger partial charge in [0.1, 0.15) is 24.2 Å². The van der Waals surface area contributed by atoms with Crippen LogP contribution in [0.2, 0.25) is 0 Å². The second kappa shape index (κ2) is 11.7. The third-order valence-corrected chi connectivity index (χ3v) is 6.93. The molecule has 2 aromatic heterocycles. The van der Waals surface area contributed by atoms with Crippen LogP contribution in [0.4, 0.5) is 0 Å². The highest BCUT2D eigenvalue weighted by Crippen LogP contribution is 2.40. The highest BCUT2D eigenvalue weighted by Gasteiger charge is 2.39. The summed E-state index contributed by atoms with van der Waals surface area (Å²) in [5, 5.41) is 15.9. The van der Waals surface area contributed by atoms with Gasteiger partial charge < -0.3 is 9.84 Å². The molecule has 4 aromatic carbocycles. The van der Waals surface area contributed by atoms with Crippen molar-refractivity contribution in [3.63, 3.8) is 0 Å². The van der Waals surface area contributed by atoms with Crippen molar-refractivity contribution in [3.05, 3.63) is 180 Å². The zero-order valence-electron chi connectivity index (χ0n) is 22.3. The van der Waals surface area contributed by atoms with Crippen molar-refractivity contribution < 1.29 is 9.84 Å². The first-order valence-electron chi connectivity index (χ1n) is 13.4. The summed E-state index contributed by atoms with van der Waals surface area (Å²) in [5.41, 5.74) is 3.88. The van der Waals surface area contributed by atoms with E-state index in [9.17, 15) is 5.11 Å². The Hall–Kier alpha value is -5.49. The van der Waals surface area contributed by atoms with E-state index in [0.717, 1.165) is 22.3 Å². The summed E-state index contributed by atoms with van der Waals surface area (Å²) in [7, 11) is 0. The summed E-state index contributed by atoms with van der Waals surface area (Å²) < 4.78 is 7.65. The van der Waals surface area contributed by atoms with Crippen LogP contribution in [0, 0.1) is 0 Å². The molecular weight excluding hydrogens is 508 g/mol. The van der Waals surface area contributed by atoms with E-state index in [1.807, 2.05) is 95.7 Å². The molecule has 0 saturated carbocycles. The number of rotatable bonds is 9. The van der Waals surface area contributed by atoms with Crippen LogP contribution in [0.1, 0.15) is 33.8 Å². The molecule has 200 valence electrons. The molecule has 2 heterocycles. The van der Waals surface area contributed by atoms with Gasteiger partial charge in [0.05, 0.1) is 11.9 Å². The molecule has 0 fully saturated rings. The zero-order valence-corrected chi connectivity index (χ0v) is 22.3. The van der Waals surface area contributed by atoms with Gasteiger partial charge in [0.25, 0.3) is 0 Å². The molecule has 0 saturated heterocycles. The second-order valence-electron chi connectivity index (χ2n) is 9.54. The molecule has 0 spiro atoms. The van der Waals surface area contributed by atoms with Crippen LogP contribution in [-0.4, -0.2) is 24.9 Å². The van der Waals surface area contributed by atoms with E-state index in [4.69, 9.17) is 9.84 Å². The number of aliphatic hydroxyl groups is 1. The quantitative estimate of drug-likeness (QED) is 0.157. The lowest BCUT2D eigenvalue weighted by Gasteiger charge is -2.35. The Balaban J connectivity index is 1.34. The van der Waals surface area contributed by atoms with Gasteiger partial charge in [-0.05, 0) is 34.4 Å². The Morgan fingerprint density at radius 3 is 1.73 bits per heavy atom. The molecule has 0 aliphatic carbocycles. The minimum absolute atomic E-state index is 0.0858. The van der Waals surface area contributed by atoms with Crippen molar-refractivity contribution in [3.8, 4) is 5.75 Å².